The lowest BCUT2D eigenvalue weighted by atomic mass is 9.89. The van der Waals surface area contributed by atoms with Crippen LogP contribution in [0, 0.1) is 0 Å². The number of unbranched alkanes of at least 4 members (excludes halogenated alkanes) is 16. The van der Waals surface area contributed by atoms with E-state index in [9.17, 15) is 4.79 Å². The molecule has 3 heteroatoms. The molecule has 0 aromatic carbocycles. The highest BCUT2D eigenvalue weighted by molar-refractivity contribution is 5.86. The summed E-state index contributed by atoms with van der Waals surface area (Å²) >= 11 is 0. The largest absolute Gasteiger partial charge is 0.478 e. The van der Waals surface area contributed by atoms with E-state index in [1.165, 1.54) is 96.5 Å². The molecule has 178 valence electrons. The summed E-state index contributed by atoms with van der Waals surface area (Å²) < 4.78 is 15.4. The molecule has 0 amide bonds. The van der Waals surface area contributed by atoms with Crippen molar-refractivity contribution in [1.82, 2.24) is 0 Å². The van der Waals surface area contributed by atoms with Crippen molar-refractivity contribution in [1.29, 1.82) is 0 Å². The third-order valence-corrected chi connectivity index (χ3v) is 6.20. The predicted molar refractivity (Wildman–Crippen MR) is 129 cm³/mol. The fraction of sp³-hybridized carbons (Fsp3) is 0.889. The van der Waals surface area contributed by atoms with Crippen LogP contribution in [-0.2, 0) is 4.79 Å². The first-order valence-electron chi connectivity index (χ1n) is 13.1. The molecule has 30 heavy (non-hydrogen) atoms. The Labute approximate surface area is 187 Å². The molecule has 0 aliphatic carbocycles. The normalized spacial score (nSPS) is 14.1. The second-order valence-corrected chi connectivity index (χ2v) is 9.32. The third kappa shape index (κ3) is 18.0. The van der Waals surface area contributed by atoms with Crippen molar-refractivity contribution in [3.63, 3.8) is 0 Å². The first-order valence-corrected chi connectivity index (χ1v) is 13.1. The standard InChI is InChI=1S/C27H51FO2/c1-4-6-8-10-11-12-13-14-15-16-17-19-21-23-27(28,24-25(3)26(29)30)22-20-18-9-7-5-2/h24H,4-23H2,1-3H3,(H,29,30). The summed E-state index contributed by atoms with van der Waals surface area (Å²) in [6, 6.07) is 0. The van der Waals surface area contributed by atoms with Gasteiger partial charge in [0.05, 0.1) is 0 Å². The van der Waals surface area contributed by atoms with Gasteiger partial charge >= 0.3 is 5.97 Å². The van der Waals surface area contributed by atoms with Crippen LogP contribution in [0.4, 0.5) is 4.39 Å². The summed E-state index contributed by atoms with van der Waals surface area (Å²) in [4.78, 5) is 11.1. The number of aliphatic carboxylic acids is 1. The van der Waals surface area contributed by atoms with E-state index in [1.54, 1.807) is 0 Å². The van der Waals surface area contributed by atoms with Crippen molar-refractivity contribution in [2.45, 2.75) is 155 Å². The molecule has 0 spiro atoms. The smallest absolute Gasteiger partial charge is 0.331 e. The Hall–Kier alpha value is -0.860. The Bertz CT molecular complexity index is 433. The number of hydrogen-bond donors (Lipinski definition) is 1. The van der Waals surface area contributed by atoms with Gasteiger partial charge in [0.15, 0.2) is 0 Å². The van der Waals surface area contributed by atoms with Crippen molar-refractivity contribution in [2.75, 3.05) is 0 Å². The van der Waals surface area contributed by atoms with Gasteiger partial charge in [0, 0.05) is 5.57 Å². The summed E-state index contributed by atoms with van der Waals surface area (Å²) in [7, 11) is 0. The number of allylic oxidation sites excluding steroid dienone is 1. The van der Waals surface area contributed by atoms with Crippen LogP contribution >= 0.6 is 0 Å². The summed E-state index contributed by atoms with van der Waals surface area (Å²) in [5.41, 5.74) is -1.31. The molecule has 0 saturated heterocycles. The number of carboxylic acids is 1. The number of carboxylic acid groups (broad SMARTS) is 1. The van der Waals surface area contributed by atoms with E-state index in [1.807, 2.05) is 0 Å². The van der Waals surface area contributed by atoms with E-state index in [4.69, 9.17) is 5.11 Å². The maximum Gasteiger partial charge on any atom is 0.331 e. The molecule has 0 rings (SSSR count). The number of alkyl halides is 1. The summed E-state index contributed by atoms with van der Waals surface area (Å²) in [5.74, 6) is -1.01. The van der Waals surface area contributed by atoms with E-state index < -0.39 is 11.6 Å². The molecule has 0 aliphatic rings. The van der Waals surface area contributed by atoms with Gasteiger partial charge in [-0.05, 0) is 38.7 Å². The molecule has 0 fully saturated rings. The number of halogens is 1. The number of rotatable bonds is 22. The number of hydrogen-bond acceptors (Lipinski definition) is 1. The van der Waals surface area contributed by atoms with Crippen LogP contribution in [-0.4, -0.2) is 16.7 Å². The Morgan fingerprint density at radius 2 is 0.967 bits per heavy atom. The minimum absolute atomic E-state index is 0.140. The Morgan fingerprint density at radius 3 is 1.27 bits per heavy atom. The van der Waals surface area contributed by atoms with Crippen LogP contribution in [0.3, 0.4) is 0 Å². The SMILES string of the molecule is CCCCCCCCCCCCCCCC(F)(C=C(C)C(=O)O)CCCCCCC. The molecule has 1 atom stereocenters. The van der Waals surface area contributed by atoms with Gasteiger partial charge < -0.3 is 5.11 Å². The summed E-state index contributed by atoms with van der Waals surface area (Å²) in [5, 5.41) is 9.14. The molecule has 0 heterocycles. The molecule has 1 N–H and O–H groups in total. The maximum atomic E-state index is 15.4. The third-order valence-electron chi connectivity index (χ3n) is 6.20. The van der Waals surface area contributed by atoms with Crippen LogP contribution in [0.15, 0.2) is 11.6 Å². The first kappa shape index (κ1) is 29.1. The van der Waals surface area contributed by atoms with Crippen LogP contribution in [0.2, 0.25) is 0 Å². The quantitative estimate of drug-likeness (QED) is 0.138. The topological polar surface area (TPSA) is 37.3 Å². The predicted octanol–water partition coefficient (Wildman–Crippen LogP) is 9.57. The molecule has 0 bridgehead atoms. The van der Waals surface area contributed by atoms with Crippen LogP contribution in [0.25, 0.3) is 0 Å². The Morgan fingerprint density at radius 1 is 0.667 bits per heavy atom. The minimum Gasteiger partial charge on any atom is -0.478 e. The fourth-order valence-corrected chi connectivity index (χ4v) is 4.18. The van der Waals surface area contributed by atoms with Crippen molar-refractivity contribution in [3.05, 3.63) is 11.6 Å². The van der Waals surface area contributed by atoms with E-state index in [0.29, 0.717) is 12.8 Å². The monoisotopic (exact) mass is 426 g/mol. The van der Waals surface area contributed by atoms with Gasteiger partial charge in [0.1, 0.15) is 5.67 Å². The van der Waals surface area contributed by atoms with Crippen molar-refractivity contribution >= 4 is 5.97 Å². The second kappa shape index (κ2) is 20.1. The molecular weight excluding hydrogens is 375 g/mol. The van der Waals surface area contributed by atoms with Gasteiger partial charge in [0.25, 0.3) is 0 Å². The van der Waals surface area contributed by atoms with Gasteiger partial charge in [-0.15, -0.1) is 0 Å². The van der Waals surface area contributed by atoms with Gasteiger partial charge in [-0.25, -0.2) is 9.18 Å². The van der Waals surface area contributed by atoms with Gasteiger partial charge in [0.2, 0.25) is 0 Å². The van der Waals surface area contributed by atoms with Crippen molar-refractivity contribution in [2.24, 2.45) is 0 Å². The lowest BCUT2D eigenvalue weighted by Crippen LogP contribution is -2.21. The zero-order valence-corrected chi connectivity index (χ0v) is 20.5. The first-order chi connectivity index (χ1) is 14.4. The van der Waals surface area contributed by atoms with E-state index in [2.05, 4.69) is 13.8 Å². The maximum absolute atomic E-state index is 15.4. The van der Waals surface area contributed by atoms with Crippen LogP contribution in [0.5, 0.6) is 0 Å². The van der Waals surface area contributed by atoms with Crippen LogP contribution < -0.4 is 0 Å². The van der Waals surface area contributed by atoms with Crippen LogP contribution in [0.1, 0.15) is 149 Å². The zero-order valence-electron chi connectivity index (χ0n) is 20.5. The molecule has 1 unspecified atom stereocenters. The highest BCUT2D eigenvalue weighted by Gasteiger charge is 2.27. The Kier molecular flexibility index (Phi) is 19.5. The summed E-state index contributed by atoms with van der Waals surface area (Å²) in [6.07, 6.45) is 24.3. The lowest BCUT2D eigenvalue weighted by Gasteiger charge is -2.22. The molecular formula is C27H51FO2. The summed E-state index contributed by atoms with van der Waals surface area (Å²) in [6.45, 7) is 5.95. The average Bonchev–Trinajstić information content (AvgIpc) is 2.71. The molecule has 2 nitrogen and oxygen atoms in total. The van der Waals surface area contributed by atoms with E-state index in [0.717, 1.165) is 32.1 Å². The van der Waals surface area contributed by atoms with Crippen molar-refractivity contribution in [3.8, 4) is 0 Å². The fourth-order valence-electron chi connectivity index (χ4n) is 4.18. The minimum atomic E-state index is -1.45. The number of carbonyl (C=O) groups is 1. The molecule has 0 aromatic rings. The highest BCUT2D eigenvalue weighted by atomic mass is 19.1. The van der Waals surface area contributed by atoms with Gasteiger partial charge in [-0.3, -0.25) is 0 Å². The van der Waals surface area contributed by atoms with E-state index in [-0.39, 0.29) is 5.57 Å². The van der Waals surface area contributed by atoms with Gasteiger partial charge in [-0.2, -0.15) is 0 Å². The van der Waals surface area contributed by atoms with E-state index >= 15 is 4.39 Å². The zero-order chi connectivity index (χ0) is 22.5. The molecule has 0 aliphatic heterocycles. The lowest BCUT2D eigenvalue weighted by molar-refractivity contribution is -0.132. The Balaban J connectivity index is 3.96. The van der Waals surface area contributed by atoms with Crippen molar-refractivity contribution < 1.29 is 14.3 Å². The highest BCUT2D eigenvalue weighted by Crippen LogP contribution is 2.30. The second-order valence-electron chi connectivity index (χ2n) is 9.32. The molecule has 0 saturated carbocycles. The molecule has 0 aromatic heterocycles. The average molecular weight is 427 g/mol. The van der Waals surface area contributed by atoms with Gasteiger partial charge in [-0.1, -0.05) is 117 Å². The molecule has 0 radical (unpaired) electrons.